The number of ether oxygens (including phenoxy) is 5. The fourth-order valence-corrected chi connectivity index (χ4v) is 5.81. The summed E-state index contributed by atoms with van der Waals surface area (Å²) >= 11 is 0. The zero-order chi connectivity index (χ0) is 37.1. The first kappa shape index (κ1) is 42.3. The molecule has 0 spiro atoms. The van der Waals surface area contributed by atoms with Crippen LogP contribution in [0.4, 0.5) is 0 Å². The summed E-state index contributed by atoms with van der Waals surface area (Å²) in [5.41, 5.74) is 0.0225. The van der Waals surface area contributed by atoms with Gasteiger partial charge in [-0.15, -0.1) is 0 Å². The van der Waals surface area contributed by atoms with Crippen molar-refractivity contribution in [2.75, 3.05) is 19.8 Å². The van der Waals surface area contributed by atoms with Gasteiger partial charge in [0.15, 0.2) is 18.9 Å². The van der Waals surface area contributed by atoms with Gasteiger partial charge >= 0.3 is 10.4 Å². The standard InChI is InChI=1S/C25H43NO18.H2O4S/c1-6-11(26-8-2-7(3-27)12(30)15(33)13(8)31)14(32)19(37)24(40-6)43-22-10(5-29)42-25(20(38)17(22)35)44-21-9(4-28)41-23(39)18(36)16(21)34;1-5(2,3)4/h2,6,8-39H,3-5H2,1H3;(H2,1,2,3,4). The predicted molar refractivity (Wildman–Crippen MR) is 152 cm³/mol. The lowest BCUT2D eigenvalue weighted by Gasteiger charge is -2.48. The van der Waals surface area contributed by atoms with Gasteiger partial charge < -0.3 is 95.4 Å². The van der Waals surface area contributed by atoms with Gasteiger partial charge in [-0.05, 0) is 12.5 Å². The molecule has 3 fully saturated rings. The van der Waals surface area contributed by atoms with Gasteiger partial charge in [0, 0.05) is 0 Å². The summed E-state index contributed by atoms with van der Waals surface area (Å²) < 4.78 is 59.0. The van der Waals surface area contributed by atoms with Crippen molar-refractivity contribution in [3.05, 3.63) is 11.6 Å². The van der Waals surface area contributed by atoms with Crippen molar-refractivity contribution in [3.63, 3.8) is 0 Å². The number of aliphatic hydroxyl groups excluding tert-OH is 13. The first-order valence-electron chi connectivity index (χ1n) is 14.8. The minimum Gasteiger partial charge on any atom is -0.394 e. The van der Waals surface area contributed by atoms with Crippen molar-refractivity contribution >= 4 is 10.4 Å². The average molecular weight is 744 g/mol. The molecule has 23 nitrogen and oxygen atoms in total. The SMILES string of the molecule is CC1OC(OC2C(CO)OC(OC3C(CO)OC(O)C(O)C3O)C(O)C2O)C(O)C(O)C1NC1C=C(CO)C(O)C(O)C1O.O=S(=O)(O)O. The van der Waals surface area contributed by atoms with Crippen molar-refractivity contribution in [1.29, 1.82) is 0 Å². The topological polar surface area (TPSA) is 396 Å². The van der Waals surface area contributed by atoms with E-state index in [0.717, 1.165) is 0 Å². The van der Waals surface area contributed by atoms with Gasteiger partial charge in [0.1, 0.15) is 79.4 Å². The van der Waals surface area contributed by atoms with Crippen LogP contribution in [0.2, 0.25) is 0 Å². The van der Waals surface area contributed by atoms with Gasteiger partial charge in [0.2, 0.25) is 0 Å². The van der Waals surface area contributed by atoms with Crippen molar-refractivity contribution < 1.29 is 108 Å². The Morgan fingerprint density at radius 2 is 1.14 bits per heavy atom. The minimum atomic E-state index is -4.67. The molecule has 0 aromatic rings. The molecule has 16 N–H and O–H groups in total. The minimum absolute atomic E-state index is 0.0225. The maximum Gasteiger partial charge on any atom is 0.394 e. The summed E-state index contributed by atoms with van der Waals surface area (Å²) in [6.45, 7) is -0.753. The van der Waals surface area contributed by atoms with Crippen molar-refractivity contribution in [1.82, 2.24) is 5.32 Å². The maximum atomic E-state index is 10.9. The van der Waals surface area contributed by atoms with Crippen LogP contribution in [0.3, 0.4) is 0 Å². The second-order valence-corrected chi connectivity index (χ2v) is 12.7. The average Bonchev–Trinajstić information content (AvgIpc) is 3.03. The third-order valence-electron chi connectivity index (χ3n) is 8.48. The van der Waals surface area contributed by atoms with Crippen molar-refractivity contribution in [2.24, 2.45) is 0 Å². The van der Waals surface area contributed by atoms with Crippen molar-refractivity contribution in [3.8, 4) is 0 Å². The third-order valence-corrected chi connectivity index (χ3v) is 8.48. The smallest absolute Gasteiger partial charge is 0.394 e. The van der Waals surface area contributed by atoms with E-state index in [1.54, 1.807) is 0 Å². The van der Waals surface area contributed by atoms with Crippen LogP contribution in [0.15, 0.2) is 11.6 Å². The number of hydrogen-bond acceptors (Lipinski definition) is 21. The Balaban J connectivity index is 0.00000121. The van der Waals surface area contributed by atoms with Crippen LogP contribution in [0.5, 0.6) is 0 Å². The Bertz CT molecular complexity index is 1170. The quantitative estimate of drug-likeness (QED) is 0.0770. The van der Waals surface area contributed by atoms with E-state index in [1.165, 1.54) is 13.0 Å². The van der Waals surface area contributed by atoms with E-state index in [2.05, 4.69) is 5.32 Å². The van der Waals surface area contributed by atoms with Crippen LogP contribution in [0, 0.1) is 0 Å². The number of nitrogens with one attached hydrogen (secondary N) is 1. The van der Waals surface area contributed by atoms with Gasteiger partial charge in [-0.2, -0.15) is 8.42 Å². The van der Waals surface area contributed by atoms with Gasteiger partial charge in [0.05, 0.1) is 38.0 Å². The highest BCUT2D eigenvalue weighted by Gasteiger charge is 2.53. The van der Waals surface area contributed by atoms with Crippen LogP contribution in [0.1, 0.15) is 6.92 Å². The molecule has 49 heavy (non-hydrogen) atoms. The lowest BCUT2D eigenvalue weighted by molar-refractivity contribution is -0.373. The van der Waals surface area contributed by atoms with Gasteiger partial charge in [-0.3, -0.25) is 9.11 Å². The second-order valence-electron chi connectivity index (χ2n) is 11.8. The van der Waals surface area contributed by atoms with Gasteiger partial charge in [-0.1, -0.05) is 6.08 Å². The van der Waals surface area contributed by atoms with E-state index in [9.17, 15) is 66.4 Å². The molecule has 4 aliphatic rings. The summed E-state index contributed by atoms with van der Waals surface area (Å²) in [7, 11) is -4.67. The van der Waals surface area contributed by atoms with Crippen LogP contribution in [-0.4, -0.2) is 220 Å². The zero-order valence-corrected chi connectivity index (χ0v) is 26.5. The summed E-state index contributed by atoms with van der Waals surface area (Å²) in [6.07, 6.45) is -26.6. The van der Waals surface area contributed by atoms with E-state index in [-0.39, 0.29) is 5.57 Å². The Morgan fingerprint density at radius 1 is 0.673 bits per heavy atom. The third kappa shape index (κ3) is 10.0. The molecule has 4 rings (SSSR count). The lowest BCUT2D eigenvalue weighted by atomic mass is 9.86. The molecule has 1 aliphatic carbocycles. The Labute approximate surface area is 278 Å². The Morgan fingerprint density at radius 3 is 1.65 bits per heavy atom. The summed E-state index contributed by atoms with van der Waals surface area (Å²) in [4.78, 5) is 0. The molecule has 0 aromatic heterocycles. The predicted octanol–water partition coefficient (Wildman–Crippen LogP) is -9.22. The van der Waals surface area contributed by atoms with Crippen LogP contribution in [-0.2, 0) is 34.1 Å². The van der Waals surface area contributed by atoms with Gasteiger partial charge in [0.25, 0.3) is 0 Å². The van der Waals surface area contributed by atoms with E-state index in [4.69, 9.17) is 41.2 Å². The number of hydrogen-bond donors (Lipinski definition) is 16. The normalized spacial score (nSPS) is 47.9. The van der Waals surface area contributed by atoms with Crippen LogP contribution in [0.25, 0.3) is 0 Å². The molecule has 0 radical (unpaired) electrons. The monoisotopic (exact) mass is 743 g/mol. The van der Waals surface area contributed by atoms with E-state index in [1.807, 2.05) is 0 Å². The summed E-state index contributed by atoms with van der Waals surface area (Å²) in [6, 6.07) is -2.17. The number of aliphatic hydroxyl groups is 13. The van der Waals surface area contributed by atoms with Gasteiger partial charge in [-0.25, -0.2) is 0 Å². The summed E-state index contributed by atoms with van der Waals surface area (Å²) in [5, 5.41) is 136. The molecule has 3 saturated heterocycles. The lowest BCUT2D eigenvalue weighted by Crippen LogP contribution is -2.68. The molecule has 24 heteroatoms. The molecule has 0 bridgehead atoms. The molecule has 288 valence electrons. The highest BCUT2D eigenvalue weighted by molar-refractivity contribution is 7.79. The molecule has 19 unspecified atom stereocenters. The van der Waals surface area contributed by atoms with Crippen LogP contribution >= 0.6 is 0 Å². The van der Waals surface area contributed by atoms with E-state index >= 15 is 0 Å². The molecule has 0 saturated carbocycles. The zero-order valence-electron chi connectivity index (χ0n) is 25.6. The fourth-order valence-electron chi connectivity index (χ4n) is 5.81. The second kappa shape index (κ2) is 17.6. The Kier molecular flexibility index (Phi) is 15.2. The largest absolute Gasteiger partial charge is 0.394 e. The highest BCUT2D eigenvalue weighted by Crippen LogP contribution is 2.32. The van der Waals surface area contributed by atoms with Crippen molar-refractivity contribution in [2.45, 2.75) is 123 Å². The van der Waals surface area contributed by atoms with Crippen LogP contribution < -0.4 is 5.32 Å². The molecule has 19 atom stereocenters. The molecular weight excluding hydrogens is 698 g/mol. The first-order valence-corrected chi connectivity index (χ1v) is 16.2. The number of rotatable bonds is 9. The van der Waals surface area contributed by atoms with E-state index < -0.39 is 147 Å². The fraction of sp³-hybridized carbons (Fsp3) is 0.920. The summed E-state index contributed by atoms with van der Waals surface area (Å²) in [5.74, 6) is 0. The maximum absolute atomic E-state index is 10.9. The molecule has 3 aliphatic heterocycles. The van der Waals surface area contributed by atoms with E-state index in [0.29, 0.717) is 0 Å². The first-order chi connectivity index (χ1) is 22.7. The molecule has 3 heterocycles. The molecular formula is C25H45NO22S. The Hall–Kier alpha value is -1.15. The molecule has 0 aromatic carbocycles. The highest BCUT2D eigenvalue weighted by atomic mass is 32.3. The molecule has 0 amide bonds.